The van der Waals surface area contributed by atoms with Gasteiger partial charge in [0.05, 0.1) is 11.2 Å². The van der Waals surface area contributed by atoms with Crippen LogP contribution in [0.3, 0.4) is 0 Å². The summed E-state index contributed by atoms with van der Waals surface area (Å²) in [5, 5.41) is 8.68. The lowest BCUT2D eigenvalue weighted by Crippen LogP contribution is -1.95. The highest BCUT2D eigenvalue weighted by Crippen LogP contribution is 2.28. The maximum absolute atomic E-state index is 10.6. The number of methoxy groups -OCH3 is 1. The number of hydrogen-bond donors (Lipinski definition) is 1. The minimum Gasteiger partial charge on any atom is -0.496 e. The molecule has 0 aliphatic rings. The third-order valence-corrected chi connectivity index (χ3v) is 3.80. The third-order valence-electron chi connectivity index (χ3n) is 3.80. The van der Waals surface area contributed by atoms with E-state index in [9.17, 15) is 4.79 Å². The monoisotopic (exact) mass is 329 g/mol. The molecule has 0 atom stereocenters. The molecule has 1 aromatic rings. The molecule has 0 aliphatic carbocycles. The van der Waals surface area contributed by atoms with E-state index in [1.165, 1.54) is 0 Å². The molecule has 24 heavy (non-hydrogen) atoms. The highest BCUT2D eigenvalue weighted by atomic mass is 16.5. The molecule has 0 bridgehead atoms. The van der Waals surface area contributed by atoms with Crippen LogP contribution in [0.25, 0.3) is 6.08 Å². The molecule has 1 aromatic carbocycles. The first-order valence-electron chi connectivity index (χ1n) is 9.15. The fourth-order valence-corrected chi connectivity index (χ4v) is 2.29. The SMILES string of the molecule is [2H]C([2H])([2H])Oc1cc(C)c(/C=C/C(C)=C/C=C/C(C)=C\C(=O)O)c(C)c1C. The first kappa shape index (κ1) is 15.0. The minimum atomic E-state index is -2.47. The molecule has 1 rings (SSSR count). The molecule has 0 fully saturated rings. The van der Waals surface area contributed by atoms with Gasteiger partial charge in [-0.25, -0.2) is 4.79 Å². The van der Waals surface area contributed by atoms with Gasteiger partial charge in [-0.1, -0.05) is 36.0 Å². The van der Waals surface area contributed by atoms with Crippen molar-refractivity contribution < 1.29 is 18.8 Å². The average molecular weight is 329 g/mol. The highest BCUT2D eigenvalue weighted by Gasteiger charge is 2.08. The molecule has 0 aromatic heterocycles. The molecular formula is C21H26O3. The normalized spacial score (nSPS) is 15.5. The van der Waals surface area contributed by atoms with Crippen molar-refractivity contribution >= 4 is 12.0 Å². The quantitative estimate of drug-likeness (QED) is 0.579. The number of aliphatic carboxylic acids is 1. The molecule has 0 heterocycles. The van der Waals surface area contributed by atoms with Crippen LogP contribution < -0.4 is 4.74 Å². The molecule has 0 spiro atoms. The number of rotatable bonds is 6. The Labute approximate surface area is 148 Å². The van der Waals surface area contributed by atoms with Crippen molar-refractivity contribution in [3.8, 4) is 5.75 Å². The number of allylic oxidation sites excluding steroid dienone is 6. The smallest absolute Gasteiger partial charge is 0.328 e. The summed E-state index contributed by atoms with van der Waals surface area (Å²) < 4.78 is 26.9. The second-order valence-corrected chi connectivity index (χ2v) is 5.79. The summed E-state index contributed by atoms with van der Waals surface area (Å²) in [7, 11) is -2.47. The van der Waals surface area contributed by atoms with Crippen molar-refractivity contribution in [1.82, 2.24) is 0 Å². The first-order valence-corrected chi connectivity index (χ1v) is 7.65. The maximum Gasteiger partial charge on any atom is 0.328 e. The van der Waals surface area contributed by atoms with Gasteiger partial charge in [0.1, 0.15) is 5.75 Å². The second-order valence-electron chi connectivity index (χ2n) is 5.79. The summed E-state index contributed by atoms with van der Waals surface area (Å²) >= 11 is 0. The zero-order chi connectivity index (χ0) is 20.8. The van der Waals surface area contributed by atoms with E-state index in [-0.39, 0.29) is 0 Å². The summed E-state index contributed by atoms with van der Waals surface area (Å²) in [5.41, 5.74) is 5.36. The molecule has 0 aliphatic heterocycles. The fraction of sp³-hybridized carbons (Fsp3) is 0.286. The predicted molar refractivity (Wildman–Crippen MR) is 101 cm³/mol. The number of carboxylic acids is 1. The van der Waals surface area contributed by atoms with Gasteiger partial charge in [0.2, 0.25) is 0 Å². The summed E-state index contributed by atoms with van der Waals surface area (Å²) in [6.45, 7) is 9.36. The summed E-state index contributed by atoms with van der Waals surface area (Å²) in [6.07, 6.45) is 10.5. The molecule has 0 radical (unpaired) electrons. The Balaban J connectivity index is 3.04. The molecule has 0 saturated heterocycles. The summed E-state index contributed by atoms with van der Waals surface area (Å²) in [6, 6.07) is 1.74. The molecule has 0 amide bonds. The number of carbonyl (C=O) groups is 1. The van der Waals surface area contributed by atoms with Gasteiger partial charge in [0, 0.05) is 6.08 Å². The standard InChI is InChI=1S/C21H26O3/c1-14(8-7-9-15(2)12-21(22)23)10-11-19-16(3)13-20(24-6)18(5)17(19)4/h7-13H,1-6H3,(H,22,23)/b9-7+,11-10+,14-8+,15-12-/i6D3. The van der Waals surface area contributed by atoms with Crippen LogP contribution in [-0.4, -0.2) is 18.1 Å². The zero-order valence-electron chi connectivity index (χ0n) is 17.8. The van der Waals surface area contributed by atoms with Gasteiger partial charge in [0.25, 0.3) is 0 Å². The second kappa shape index (κ2) is 8.92. The van der Waals surface area contributed by atoms with Gasteiger partial charge >= 0.3 is 5.97 Å². The lowest BCUT2D eigenvalue weighted by Gasteiger charge is -2.13. The fourth-order valence-electron chi connectivity index (χ4n) is 2.29. The molecule has 1 N–H and O–H groups in total. The van der Waals surface area contributed by atoms with Crippen LogP contribution in [0.1, 0.15) is 40.2 Å². The van der Waals surface area contributed by atoms with Crippen molar-refractivity contribution in [3.05, 3.63) is 69.8 Å². The van der Waals surface area contributed by atoms with Crippen molar-refractivity contribution in [3.63, 3.8) is 0 Å². The third kappa shape index (κ3) is 5.58. The van der Waals surface area contributed by atoms with Crippen molar-refractivity contribution in [2.75, 3.05) is 7.04 Å². The van der Waals surface area contributed by atoms with E-state index < -0.39 is 13.0 Å². The molecule has 0 unspecified atom stereocenters. The van der Waals surface area contributed by atoms with E-state index in [0.717, 1.165) is 33.9 Å². The number of aryl methyl sites for hydroxylation is 1. The van der Waals surface area contributed by atoms with E-state index >= 15 is 0 Å². The van der Waals surface area contributed by atoms with Gasteiger partial charge in [-0.15, -0.1) is 0 Å². The van der Waals surface area contributed by atoms with Crippen molar-refractivity contribution in [2.24, 2.45) is 0 Å². The first-order chi connectivity index (χ1) is 12.4. The lowest BCUT2D eigenvalue weighted by molar-refractivity contribution is -0.131. The van der Waals surface area contributed by atoms with E-state index in [4.69, 9.17) is 14.0 Å². The van der Waals surface area contributed by atoms with Crippen LogP contribution in [0.5, 0.6) is 5.75 Å². The van der Waals surface area contributed by atoms with Crippen LogP contribution in [0, 0.1) is 20.8 Å². The Hall–Kier alpha value is -2.55. The van der Waals surface area contributed by atoms with E-state index in [2.05, 4.69) is 0 Å². The lowest BCUT2D eigenvalue weighted by atomic mass is 9.96. The molecule has 3 nitrogen and oxygen atoms in total. The Kier molecular flexibility index (Phi) is 5.58. The average Bonchev–Trinajstić information content (AvgIpc) is 2.50. The molecule has 0 saturated carbocycles. The zero-order valence-corrected chi connectivity index (χ0v) is 14.8. The number of carboxylic acid groups (broad SMARTS) is 1. The largest absolute Gasteiger partial charge is 0.496 e. The van der Waals surface area contributed by atoms with Crippen LogP contribution >= 0.6 is 0 Å². The van der Waals surface area contributed by atoms with Crippen molar-refractivity contribution in [2.45, 2.75) is 34.6 Å². The predicted octanol–water partition coefficient (Wildman–Crippen LogP) is 5.17. The molecule has 3 heteroatoms. The minimum absolute atomic E-state index is 0.373. The van der Waals surface area contributed by atoms with E-state index in [1.54, 1.807) is 25.1 Å². The van der Waals surface area contributed by atoms with Crippen LogP contribution in [-0.2, 0) is 4.79 Å². The van der Waals surface area contributed by atoms with Gasteiger partial charge in [-0.3, -0.25) is 0 Å². The Morgan fingerprint density at radius 1 is 1.17 bits per heavy atom. The van der Waals surface area contributed by atoms with Gasteiger partial charge in [-0.2, -0.15) is 0 Å². The van der Waals surface area contributed by atoms with Crippen LogP contribution in [0.15, 0.2) is 47.6 Å². The van der Waals surface area contributed by atoms with Crippen LogP contribution in [0.4, 0.5) is 0 Å². The van der Waals surface area contributed by atoms with Gasteiger partial charge < -0.3 is 9.84 Å². The maximum atomic E-state index is 10.6. The summed E-state index contributed by atoms with van der Waals surface area (Å²) in [5.74, 6) is -0.594. The van der Waals surface area contributed by atoms with Crippen LogP contribution in [0.2, 0.25) is 0 Å². The Morgan fingerprint density at radius 3 is 2.50 bits per heavy atom. The van der Waals surface area contributed by atoms with E-state index in [0.29, 0.717) is 11.3 Å². The topological polar surface area (TPSA) is 46.5 Å². The van der Waals surface area contributed by atoms with Gasteiger partial charge in [0.15, 0.2) is 0 Å². The summed E-state index contributed by atoms with van der Waals surface area (Å²) in [4.78, 5) is 10.6. The Bertz CT molecular complexity index is 826. The number of ether oxygens (including phenoxy) is 1. The molecular weight excluding hydrogens is 300 g/mol. The molecule has 128 valence electrons. The highest BCUT2D eigenvalue weighted by molar-refractivity contribution is 5.81. The number of benzene rings is 1. The van der Waals surface area contributed by atoms with Gasteiger partial charge in [-0.05, 0) is 68.5 Å². The number of hydrogen-bond acceptors (Lipinski definition) is 2. The van der Waals surface area contributed by atoms with E-state index in [1.807, 2.05) is 45.9 Å². The Morgan fingerprint density at radius 2 is 1.88 bits per heavy atom. The van der Waals surface area contributed by atoms with Crippen molar-refractivity contribution in [1.29, 1.82) is 0 Å².